The number of carbonyl (C=O) groups is 1. The van der Waals surface area contributed by atoms with Gasteiger partial charge in [0.05, 0.1) is 13.2 Å². The lowest BCUT2D eigenvalue weighted by atomic mass is 10.3. The second kappa shape index (κ2) is 9.65. The van der Waals surface area contributed by atoms with Gasteiger partial charge in [0.2, 0.25) is 5.91 Å². The van der Waals surface area contributed by atoms with Crippen molar-refractivity contribution in [1.29, 1.82) is 0 Å². The molecule has 1 rings (SSSR count). The Bertz CT molecular complexity index is 211. The monoisotopic (exact) mass is 265 g/mol. The van der Waals surface area contributed by atoms with Crippen LogP contribution in [0.3, 0.4) is 0 Å². The van der Waals surface area contributed by atoms with Crippen LogP contribution in [0.25, 0.3) is 0 Å². The van der Waals surface area contributed by atoms with Gasteiger partial charge >= 0.3 is 0 Å². The molecule has 0 aromatic rings. The van der Waals surface area contributed by atoms with Crippen molar-refractivity contribution in [1.82, 2.24) is 15.1 Å². The molecular weight excluding hydrogens is 242 g/mol. The Hall–Kier alpha value is -0.360. The number of rotatable bonds is 6. The maximum Gasteiger partial charge on any atom is 0.236 e. The molecule has 0 unspecified atom stereocenters. The summed E-state index contributed by atoms with van der Waals surface area (Å²) < 4.78 is 5.25. The summed E-state index contributed by atoms with van der Waals surface area (Å²) in [4.78, 5) is 15.8. The number of likely N-dealkylation sites (N-methyl/N-ethyl adjacent to an activating group) is 1. The lowest BCUT2D eigenvalue weighted by Crippen LogP contribution is -2.49. The fourth-order valence-corrected chi connectivity index (χ4v) is 1.69. The zero-order valence-corrected chi connectivity index (χ0v) is 11.6. The van der Waals surface area contributed by atoms with E-state index in [1.165, 1.54) is 0 Å². The number of hydrogen-bond acceptors (Lipinski definition) is 4. The first kappa shape index (κ1) is 16.6. The molecule has 0 aliphatic carbocycles. The van der Waals surface area contributed by atoms with Crippen molar-refractivity contribution >= 4 is 18.3 Å². The highest BCUT2D eigenvalue weighted by Gasteiger charge is 2.17. The van der Waals surface area contributed by atoms with Crippen molar-refractivity contribution in [3.63, 3.8) is 0 Å². The summed E-state index contributed by atoms with van der Waals surface area (Å²) in [5.74, 6) is 0.223. The number of ether oxygens (including phenoxy) is 1. The van der Waals surface area contributed by atoms with Crippen LogP contribution in [-0.4, -0.2) is 75.2 Å². The van der Waals surface area contributed by atoms with E-state index in [0.717, 1.165) is 39.3 Å². The number of halogens is 1. The minimum Gasteiger partial charge on any atom is -0.380 e. The van der Waals surface area contributed by atoms with Crippen LogP contribution in [-0.2, 0) is 9.53 Å². The van der Waals surface area contributed by atoms with E-state index in [2.05, 4.69) is 5.32 Å². The summed E-state index contributed by atoms with van der Waals surface area (Å²) in [6.45, 7) is 8.20. The first-order valence-electron chi connectivity index (χ1n) is 5.98. The molecule has 6 heteroatoms. The molecule has 0 radical (unpaired) electrons. The number of piperazine rings is 1. The first-order valence-corrected chi connectivity index (χ1v) is 5.98. The van der Waals surface area contributed by atoms with E-state index in [0.29, 0.717) is 13.2 Å². The van der Waals surface area contributed by atoms with Crippen LogP contribution in [0.5, 0.6) is 0 Å². The highest BCUT2D eigenvalue weighted by molar-refractivity contribution is 5.85. The van der Waals surface area contributed by atoms with E-state index >= 15 is 0 Å². The molecule has 102 valence electrons. The van der Waals surface area contributed by atoms with Crippen LogP contribution < -0.4 is 5.32 Å². The van der Waals surface area contributed by atoms with Crippen LogP contribution in [0.15, 0.2) is 0 Å². The summed E-state index contributed by atoms with van der Waals surface area (Å²) in [7, 11) is 1.96. The van der Waals surface area contributed by atoms with Crippen molar-refractivity contribution in [3.8, 4) is 0 Å². The van der Waals surface area contributed by atoms with E-state index in [-0.39, 0.29) is 18.3 Å². The zero-order chi connectivity index (χ0) is 11.8. The summed E-state index contributed by atoms with van der Waals surface area (Å²) in [6.07, 6.45) is 0. The van der Waals surface area contributed by atoms with Gasteiger partial charge in [-0.1, -0.05) is 0 Å². The third-order valence-electron chi connectivity index (χ3n) is 2.70. The number of amides is 1. The molecule has 0 aromatic carbocycles. The number of nitrogens with one attached hydrogen (secondary N) is 1. The van der Waals surface area contributed by atoms with Crippen molar-refractivity contribution < 1.29 is 9.53 Å². The van der Waals surface area contributed by atoms with Crippen molar-refractivity contribution in [3.05, 3.63) is 0 Å². The lowest BCUT2D eigenvalue weighted by Gasteiger charge is -2.29. The smallest absolute Gasteiger partial charge is 0.236 e. The predicted molar refractivity (Wildman–Crippen MR) is 70.7 cm³/mol. The Kier molecular flexibility index (Phi) is 9.44. The van der Waals surface area contributed by atoms with Crippen LogP contribution in [0.1, 0.15) is 6.92 Å². The van der Waals surface area contributed by atoms with Gasteiger partial charge in [0.1, 0.15) is 0 Å². The van der Waals surface area contributed by atoms with Gasteiger partial charge in [-0.3, -0.25) is 9.69 Å². The van der Waals surface area contributed by atoms with Gasteiger partial charge in [0.25, 0.3) is 0 Å². The third kappa shape index (κ3) is 6.83. The van der Waals surface area contributed by atoms with E-state index in [9.17, 15) is 4.79 Å². The summed E-state index contributed by atoms with van der Waals surface area (Å²) in [5.41, 5.74) is 0. The van der Waals surface area contributed by atoms with Crippen LogP contribution in [0, 0.1) is 0 Å². The summed E-state index contributed by atoms with van der Waals surface area (Å²) in [6, 6.07) is 0. The first-order chi connectivity index (χ1) is 7.74. The molecule has 17 heavy (non-hydrogen) atoms. The standard InChI is InChI=1S/C11H23N3O2.ClH/c1-3-16-9-8-13(2)10-11(15)14-6-4-12-5-7-14;/h12H,3-10H2,1-2H3;1H. The molecule has 1 fully saturated rings. The fraction of sp³-hybridized carbons (Fsp3) is 0.909. The second-order valence-corrected chi connectivity index (χ2v) is 4.07. The molecule has 1 aliphatic rings. The van der Waals surface area contributed by atoms with E-state index in [1.807, 2.05) is 23.8 Å². The van der Waals surface area contributed by atoms with Gasteiger partial charge < -0.3 is 15.0 Å². The van der Waals surface area contributed by atoms with Crippen LogP contribution >= 0.6 is 12.4 Å². The number of hydrogen-bond donors (Lipinski definition) is 1. The molecule has 1 aliphatic heterocycles. The molecule has 1 saturated heterocycles. The molecule has 0 spiro atoms. The Balaban J connectivity index is 0.00000256. The predicted octanol–water partition coefficient (Wildman–Crippen LogP) is -0.192. The average Bonchev–Trinajstić information content (AvgIpc) is 2.30. The molecule has 0 saturated carbocycles. The van der Waals surface area contributed by atoms with E-state index < -0.39 is 0 Å². The highest BCUT2D eigenvalue weighted by Crippen LogP contribution is 1.95. The highest BCUT2D eigenvalue weighted by atomic mass is 35.5. The second-order valence-electron chi connectivity index (χ2n) is 4.07. The molecule has 1 heterocycles. The molecule has 1 N–H and O–H groups in total. The normalized spacial score (nSPS) is 15.8. The summed E-state index contributed by atoms with van der Waals surface area (Å²) in [5, 5.41) is 3.24. The topological polar surface area (TPSA) is 44.8 Å². The van der Waals surface area contributed by atoms with Crippen LogP contribution in [0.2, 0.25) is 0 Å². The zero-order valence-electron chi connectivity index (χ0n) is 10.8. The Labute approximate surface area is 110 Å². The van der Waals surface area contributed by atoms with Crippen molar-refractivity contribution in [2.75, 3.05) is 59.5 Å². The van der Waals surface area contributed by atoms with Gasteiger partial charge in [-0.15, -0.1) is 12.4 Å². The van der Waals surface area contributed by atoms with E-state index in [1.54, 1.807) is 0 Å². The Morgan fingerprint density at radius 1 is 1.41 bits per heavy atom. The lowest BCUT2D eigenvalue weighted by molar-refractivity contribution is -0.132. The van der Waals surface area contributed by atoms with E-state index in [4.69, 9.17) is 4.74 Å². The van der Waals surface area contributed by atoms with Gasteiger partial charge in [0, 0.05) is 39.3 Å². The maximum atomic E-state index is 11.9. The minimum atomic E-state index is 0. The molecule has 5 nitrogen and oxygen atoms in total. The molecule has 1 amide bonds. The maximum absolute atomic E-state index is 11.9. The largest absolute Gasteiger partial charge is 0.380 e. The molecular formula is C11H24ClN3O2. The Morgan fingerprint density at radius 3 is 2.65 bits per heavy atom. The number of nitrogens with zero attached hydrogens (tertiary/aromatic N) is 2. The van der Waals surface area contributed by atoms with Crippen molar-refractivity contribution in [2.45, 2.75) is 6.92 Å². The quantitative estimate of drug-likeness (QED) is 0.676. The van der Waals surface area contributed by atoms with Gasteiger partial charge in [-0.05, 0) is 14.0 Å². The van der Waals surface area contributed by atoms with Crippen molar-refractivity contribution in [2.24, 2.45) is 0 Å². The third-order valence-corrected chi connectivity index (χ3v) is 2.70. The number of carbonyl (C=O) groups excluding carboxylic acids is 1. The SMILES string of the molecule is CCOCCN(C)CC(=O)N1CCNCC1.Cl. The van der Waals surface area contributed by atoms with Gasteiger partial charge in [0.15, 0.2) is 0 Å². The molecule has 0 atom stereocenters. The van der Waals surface area contributed by atoms with Gasteiger partial charge in [-0.2, -0.15) is 0 Å². The molecule has 0 bridgehead atoms. The Morgan fingerprint density at radius 2 is 2.06 bits per heavy atom. The minimum absolute atomic E-state index is 0. The summed E-state index contributed by atoms with van der Waals surface area (Å²) >= 11 is 0. The fourth-order valence-electron chi connectivity index (χ4n) is 1.69. The van der Waals surface area contributed by atoms with Gasteiger partial charge in [-0.25, -0.2) is 0 Å². The van der Waals surface area contributed by atoms with Crippen LogP contribution in [0.4, 0.5) is 0 Å². The average molecular weight is 266 g/mol. The molecule has 0 aromatic heterocycles.